The Bertz CT molecular complexity index is 793. The highest BCUT2D eigenvalue weighted by molar-refractivity contribution is 6.04. The van der Waals surface area contributed by atoms with Crippen LogP contribution in [-0.4, -0.2) is 27.1 Å². The van der Waals surface area contributed by atoms with E-state index in [9.17, 15) is 19.8 Å². The Hall–Kier alpha value is -2.95. The molecule has 1 aromatic carbocycles. The number of rotatable bonds is 2. The molecule has 0 saturated carbocycles. The van der Waals surface area contributed by atoms with Crippen LogP contribution in [0.25, 0.3) is 17.3 Å². The van der Waals surface area contributed by atoms with Gasteiger partial charge in [-0.3, -0.25) is 4.98 Å². The van der Waals surface area contributed by atoms with Crippen LogP contribution >= 0.6 is 0 Å². The van der Waals surface area contributed by atoms with Gasteiger partial charge in [0.15, 0.2) is 0 Å². The summed E-state index contributed by atoms with van der Waals surface area (Å²) in [5, 5.41) is 18.4. The molecular weight excluding hydrogens is 270 g/mol. The quantitative estimate of drug-likeness (QED) is 0.883. The van der Waals surface area contributed by atoms with E-state index in [0.717, 1.165) is 5.56 Å². The lowest BCUT2D eigenvalue weighted by molar-refractivity contribution is 0.0651. The predicted octanol–water partition coefficient (Wildman–Crippen LogP) is 2.71. The van der Waals surface area contributed by atoms with Crippen LogP contribution in [0.15, 0.2) is 36.5 Å². The SMILES string of the molecule is O=C(O)c1cc2c(cc1C(=O)O)-c1ncccc1CC=C2. The van der Waals surface area contributed by atoms with Gasteiger partial charge < -0.3 is 10.2 Å². The Balaban J connectivity index is 2.34. The van der Waals surface area contributed by atoms with Gasteiger partial charge in [-0.25, -0.2) is 9.59 Å². The number of allylic oxidation sites excluding steroid dienone is 1. The molecule has 5 heteroatoms. The summed E-state index contributed by atoms with van der Waals surface area (Å²) in [7, 11) is 0. The molecule has 0 saturated heterocycles. The molecule has 0 radical (unpaired) electrons. The average Bonchev–Trinajstić information content (AvgIpc) is 2.64. The normalized spacial score (nSPS) is 12.2. The maximum atomic E-state index is 11.3. The number of carbonyl (C=O) groups is 2. The Morgan fingerprint density at radius 2 is 1.81 bits per heavy atom. The standard InChI is InChI=1S/C16H11NO4/c18-15(19)12-7-10-4-1-3-9-5-2-6-17-14(9)11(10)8-13(12)16(20)21/h1-2,4-8H,3H2,(H,18,19)(H,20,21). The van der Waals surface area contributed by atoms with Gasteiger partial charge in [0.05, 0.1) is 16.8 Å². The number of hydrogen-bond donors (Lipinski definition) is 2. The second kappa shape index (κ2) is 4.86. The van der Waals surface area contributed by atoms with E-state index in [4.69, 9.17) is 0 Å². The van der Waals surface area contributed by atoms with Crippen LogP contribution < -0.4 is 0 Å². The lowest BCUT2D eigenvalue weighted by Crippen LogP contribution is -2.09. The van der Waals surface area contributed by atoms with Gasteiger partial charge in [0.25, 0.3) is 0 Å². The van der Waals surface area contributed by atoms with E-state index >= 15 is 0 Å². The summed E-state index contributed by atoms with van der Waals surface area (Å²) in [5.74, 6) is -2.52. The number of benzene rings is 1. The van der Waals surface area contributed by atoms with E-state index in [1.165, 1.54) is 12.1 Å². The summed E-state index contributed by atoms with van der Waals surface area (Å²) in [6.07, 6.45) is 6.02. The van der Waals surface area contributed by atoms with Gasteiger partial charge in [-0.1, -0.05) is 18.2 Å². The first kappa shape index (κ1) is 13.1. The van der Waals surface area contributed by atoms with E-state index in [1.54, 1.807) is 12.3 Å². The highest BCUT2D eigenvalue weighted by atomic mass is 16.4. The number of aromatic carboxylic acids is 2. The summed E-state index contributed by atoms with van der Waals surface area (Å²) < 4.78 is 0. The first-order valence-electron chi connectivity index (χ1n) is 6.33. The van der Waals surface area contributed by atoms with Crippen LogP contribution in [-0.2, 0) is 6.42 Å². The van der Waals surface area contributed by atoms with Crippen LogP contribution in [0, 0.1) is 0 Å². The van der Waals surface area contributed by atoms with Crippen molar-refractivity contribution in [2.75, 3.05) is 0 Å². The lowest BCUT2D eigenvalue weighted by Gasteiger charge is -2.11. The third-order valence-electron chi connectivity index (χ3n) is 3.43. The number of hydrogen-bond acceptors (Lipinski definition) is 3. The molecule has 2 aromatic rings. The number of carboxylic acids is 2. The number of carboxylic acid groups (broad SMARTS) is 2. The van der Waals surface area contributed by atoms with Crippen LogP contribution in [0.1, 0.15) is 31.8 Å². The first-order valence-corrected chi connectivity index (χ1v) is 6.33. The molecule has 0 atom stereocenters. The zero-order valence-electron chi connectivity index (χ0n) is 10.9. The van der Waals surface area contributed by atoms with E-state index in [1.807, 2.05) is 18.2 Å². The Morgan fingerprint density at radius 1 is 1.10 bits per heavy atom. The van der Waals surface area contributed by atoms with Gasteiger partial charge >= 0.3 is 11.9 Å². The zero-order chi connectivity index (χ0) is 15.0. The van der Waals surface area contributed by atoms with Crippen molar-refractivity contribution in [2.24, 2.45) is 0 Å². The maximum absolute atomic E-state index is 11.3. The van der Waals surface area contributed by atoms with Crippen molar-refractivity contribution in [3.8, 4) is 11.3 Å². The molecule has 1 aromatic heterocycles. The molecule has 21 heavy (non-hydrogen) atoms. The fourth-order valence-electron chi connectivity index (χ4n) is 2.47. The van der Waals surface area contributed by atoms with E-state index in [0.29, 0.717) is 23.2 Å². The molecule has 3 rings (SSSR count). The average molecular weight is 281 g/mol. The summed E-state index contributed by atoms with van der Waals surface area (Å²) in [6.45, 7) is 0. The van der Waals surface area contributed by atoms with E-state index in [-0.39, 0.29) is 11.1 Å². The minimum Gasteiger partial charge on any atom is -0.478 e. The van der Waals surface area contributed by atoms with Crippen LogP contribution in [0.2, 0.25) is 0 Å². The van der Waals surface area contributed by atoms with Gasteiger partial charge in [0, 0.05) is 11.8 Å². The van der Waals surface area contributed by atoms with Crippen molar-refractivity contribution in [1.82, 2.24) is 4.98 Å². The second-order valence-electron chi connectivity index (χ2n) is 4.71. The van der Waals surface area contributed by atoms with Gasteiger partial charge in [-0.05, 0) is 35.7 Å². The Labute approximate surface area is 120 Å². The number of pyridine rings is 1. The summed E-state index contributed by atoms with van der Waals surface area (Å²) in [6, 6.07) is 6.53. The molecule has 0 bridgehead atoms. The predicted molar refractivity (Wildman–Crippen MR) is 76.3 cm³/mol. The van der Waals surface area contributed by atoms with Crippen LogP contribution in [0.3, 0.4) is 0 Å². The van der Waals surface area contributed by atoms with E-state index < -0.39 is 11.9 Å². The summed E-state index contributed by atoms with van der Waals surface area (Å²) in [5.41, 5.74) is 2.53. The Kier molecular flexibility index (Phi) is 3.02. The second-order valence-corrected chi connectivity index (χ2v) is 4.71. The minimum atomic E-state index is -1.26. The molecule has 0 fully saturated rings. The third kappa shape index (κ3) is 2.18. The van der Waals surface area contributed by atoms with Gasteiger partial charge in [0.1, 0.15) is 0 Å². The van der Waals surface area contributed by atoms with Gasteiger partial charge in [-0.2, -0.15) is 0 Å². The highest BCUT2D eigenvalue weighted by Gasteiger charge is 2.21. The van der Waals surface area contributed by atoms with Crippen molar-refractivity contribution < 1.29 is 19.8 Å². The monoisotopic (exact) mass is 281 g/mol. The van der Waals surface area contributed by atoms with Crippen LogP contribution in [0.5, 0.6) is 0 Å². The molecule has 0 aliphatic heterocycles. The third-order valence-corrected chi connectivity index (χ3v) is 3.43. The molecule has 5 nitrogen and oxygen atoms in total. The molecule has 1 aliphatic carbocycles. The fraction of sp³-hybridized carbons (Fsp3) is 0.0625. The number of nitrogens with zero attached hydrogens (tertiary/aromatic N) is 1. The highest BCUT2D eigenvalue weighted by Crippen LogP contribution is 2.32. The van der Waals surface area contributed by atoms with Crippen molar-refractivity contribution in [3.63, 3.8) is 0 Å². The fourth-order valence-corrected chi connectivity index (χ4v) is 2.47. The van der Waals surface area contributed by atoms with Gasteiger partial charge in [0.2, 0.25) is 0 Å². The smallest absolute Gasteiger partial charge is 0.336 e. The Morgan fingerprint density at radius 3 is 2.52 bits per heavy atom. The zero-order valence-corrected chi connectivity index (χ0v) is 10.9. The van der Waals surface area contributed by atoms with Crippen molar-refractivity contribution in [2.45, 2.75) is 6.42 Å². The first-order chi connectivity index (χ1) is 10.1. The molecule has 1 aliphatic rings. The molecule has 2 N–H and O–H groups in total. The number of aromatic nitrogens is 1. The molecule has 0 amide bonds. The molecule has 0 spiro atoms. The molecule has 1 heterocycles. The van der Waals surface area contributed by atoms with Crippen molar-refractivity contribution in [1.29, 1.82) is 0 Å². The number of fused-ring (bicyclic) bond motifs is 3. The van der Waals surface area contributed by atoms with E-state index in [2.05, 4.69) is 4.98 Å². The molecule has 104 valence electrons. The summed E-state index contributed by atoms with van der Waals surface area (Å²) >= 11 is 0. The maximum Gasteiger partial charge on any atom is 0.336 e. The van der Waals surface area contributed by atoms with Crippen molar-refractivity contribution in [3.05, 3.63) is 58.8 Å². The summed E-state index contributed by atoms with van der Waals surface area (Å²) in [4.78, 5) is 26.9. The lowest BCUT2D eigenvalue weighted by atomic mass is 9.95. The minimum absolute atomic E-state index is 0.217. The van der Waals surface area contributed by atoms with Crippen molar-refractivity contribution >= 4 is 18.0 Å². The van der Waals surface area contributed by atoms with Gasteiger partial charge in [-0.15, -0.1) is 0 Å². The molecular formula is C16H11NO4. The largest absolute Gasteiger partial charge is 0.478 e. The van der Waals surface area contributed by atoms with Crippen LogP contribution in [0.4, 0.5) is 0 Å². The molecule has 0 unspecified atom stereocenters. The topological polar surface area (TPSA) is 87.5 Å².